The number of esters is 1. The molecule has 1 aromatic rings. The third-order valence-electron chi connectivity index (χ3n) is 4.38. The summed E-state index contributed by atoms with van der Waals surface area (Å²) in [6.07, 6.45) is -2.69. The maximum absolute atomic E-state index is 12.8. The van der Waals surface area contributed by atoms with Crippen LogP contribution in [0.25, 0.3) is 0 Å². The molecule has 2 saturated heterocycles. The lowest BCUT2D eigenvalue weighted by Gasteiger charge is -2.36. The van der Waals surface area contributed by atoms with Crippen molar-refractivity contribution in [2.24, 2.45) is 5.41 Å². The molecule has 22 heavy (non-hydrogen) atoms. The third-order valence-corrected chi connectivity index (χ3v) is 4.38. The van der Waals surface area contributed by atoms with Gasteiger partial charge in [0.25, 0.3) is 0 Å². The number of hydrogen-bond acceptors (Lipinski definition) is 5. The fourth-order valence-electron chi connectivity index (χ4n) is 3.02. The first kappa shape index (κ1) is 15.1. The Bertz CT molecular complexity index is 595. The number of rotatable bonds is 1. The average Bonchev–Trinajstić information content (AvgIpc) is 2.79. The van der Waals surface area contributed by atoms with E-state index in [2.05, 4.69) is 9.97 Å². The van der Waals surface area contributed by atoms with Crippen LogP contribution in [-0.4, -0.2) is 35.6 Å². The van der Waals surface area contributed by atoms with E-state index >= 15 is 0 Å². The van der Waals surface area contributed by atoms with Crippen molar-refractivity contribution in [3.63, 3.8) is 0 Å². The monoisotopic (exact) mass is 315 g/mol. The highest BCUT2D eigenvalue weighted by Crippen LogP contribution is 2.41. The van der Waals surface area contributed by atoms with E-state index in [-0.39, 0.29) is 17.6 Å². The minimum atomic E-state index is -4.49. The third kappa shape index (κ3) is 2.62. The Morgan fingerprint density at radius 3 is 2.45 bits per heavy atom. The summed E-state index contributed by atoms with van der Waals surface area (Å²) < 4.78 is 43.5. The molecule has 3 heterocycles. The number of cyclic esters (lactones) is 1. The van der Waals surface area contributed by atoms with Crippen LogP contribution in [0.2, 0.25) is 0 Å². The van der Waals surface area contributed by atoms with E-state index in [1.165, 1.54) is 6.92 Å². The van der Waals surface area contributed by atoms with Gasteiger partial charge in [-0.15, -0.1) is 0 Å². The fraction of sp³-hybridized carbons (Fsp3) is 0.643. The number of halogens is 3. The second-order valence-corrected chi connectivity index (χ2v) is 5.85. The van der Waals surface area contributed by atoms with Gasteiger partial charge >= 0.3 is 12.1 Å². The van der Waals surface area contributed by atoms with Gasteiger partial charge in [-0.25, -0.2) is 9.97 Å². The van der Waals surface area contributed by atoms with Crippen LogP contribution in [0.5, 0.6) is 0 Å². The Morgan fingerprint density at radius 1 is 1.23 bits per heavy atom. The zero-order valence-electron chi connectivity index (χ0n) is 12.1. The summed E-state index contributed by atoms with van der Waals surface area (Å²) in [5, 5.41) is 0. The van der Waals surface area contributed by atoms with Crippen LogP contribution < -0.4 is 4.90 Å². The zero-order valence-corrected chi connectivity index (χ0v) is 12.1. The molecule has 5 nitrogen and oxygen atoms in total. The van der Waals surface area contributed by atoms with E-state index in [4.69, 9.17) is 4.74 Å². The van der Waals surface area contributed by atoms with Gasteiger partial charge in [0.1, 0.15) is 5.69 Å². The van der Waals surface area contributed by atoms with Gasteiger partial charge in [-0.05, 0) is 32.3 Å². The highest BCUT2D eigenvalue weighted by atomic mass is 19.4. The largest absolute Gasteiger partial charge is 0.465 e. The highest BCUT2D eigenvalue weighted by molar-refractivity contribution is 5.79. The molecule has 120 valence electrons. The van der Waals surface area contributed by atoms with Crippen molar-refractivity contribution in [3.8, 4) is 0 Å². The van der Waals surface area contributed by atoms with Gasteiger partial charge in [0.2, 0.25) is 5.95 Å². The predicted octanol–water partition coefficient (Wildman–Crippen LogP) is 2.34. The van der Waals surface area contributed by atoms with Crippen LogP contribution in [0.15, 0.2) is 6.07 Å². The molecule has 0 bridgehead atoms. The number of piperidine rings is 1. The van der Waals surface area contributed by atoms with Crippen LogP contribution in [0.4, 0.5) is 19.1 Å². The molecule has 0 unspecified atom stereocenters. The lowest BCUT2D eigenvalue weighted by molar-refractivity contribution is -0.147. The molecule has 1 spiro atoms. The maximum atomic E-state index is 12.8. The van der Waals surface area contributed by atoms with Crippen LogP contribution in [0.3, 0.4) is 0 Å². The molecular weight excluding hydrogens is 299 g/mol. The number of carbonyl (C=O) groups is 1. The molecule has 1 aromatic heterocycles. The van der Waals surface area contributed by atoms with Gasteiger partial charge in [-0.3, -0.25) is 4.79 Å². The van der Waals surface area contributed by atoms with Gasteiger partial charge < -0.3 is 9.64 Å². The number of aromatic nitrogens is 2. The van der Waals surface area contributed by atoms with E-state index in [9.17, 15) is 18.0 Å². The second kappa shape index (κ2) is 5.10. The van der Waals surface area contributed by atoms with Gasteiger partial charge in [0.05, 0.1) is 12.0 Å². The van der Waals surface area contributed by atoms with Crippen LogP contribution >= 0.6 is 0 Å². The summed E-state index contributed by atoms with van der Waals surface area (Å²) in [6, 6.07) is 0.934. The average molecular weight is 315 g/mol. The smallest absolute Gasteiger partial charge is 0.433 e. The second-order valence-electron chi connectivity index (χ2n) is 5.85. The Balaban J connectivity index is 1.79. The zero-order chi connectivity index (χ0) is 16.0. The molecule has 0 radical (unpaired) electrons. The van der Waals surface area contributed by atoms with E-state index in [1.54, 1.807) is 4.90 Å². The molecular formula is C14H16F3N3O2. The number of aryl methyl sites for hydroxylation is 1. The normalized spacial score (nSPS) is 21.3. The highest BCUT2D eigenvalue weighted by Gasteiger charge is 2.46. The van der Waals surface area contributed by atoms with Crippen LogP contribution in [-0.2, 0) is 15.7 Å². The van der Waals surface area contributed by atoms with E-state index < -0.39 is 17.3 Å². The number of hydrogen-bond donors (Lipinski definition) is 0. The minimum absolute atomic E-state index is 0.0774. The first-order valence-electron chi connectivity index (χ1n) is 7.15. The van der Waals surface area contributed by atoms with Crippen molar-refractivity contribution in [3.05, 3.63) is 17.5 Å². The molecule has 0 amide bonds. The number of alkyl halides is 3. The summed E-state index contributed by atoms with van der Waals surface area (Å²) in [5.74, 6) is -0.109. The molecule has 0 saturated carbocycles. The SMILES string of the molecule is Cc1cc(C(F)(F)F)nc(N2CCC3(CCOC3=O)CC2)n1. The van der Waals surface area contributed by atoms with E-state index in [0.29, 0.717) is 39.0 Å². The van der Waals surface area contributed by atoms with Crippen molar-refractivity contribution < 1.29 is 22.7 Å². The minimum Gasteiger partial charge on any atom is -0.465 e. The van der Waals surface area contributed by atoms with Gasteiger partial charge in [-0.1, -0.05) is 0 Å². The summed E-state index contributed by atoms with van der Waals surface area (Å²) in [6.45, 7) is 2.85. The van der Waals surface area contributed by atoms with Crippen LogP contribution in [0.1, 0.15) is 30.7 Å². The van der Waals surface area contributed by atoms with E-state index in [1.807, 2.05) is 0 Å². The molecule has 0 aromatic carbocycles. The Hall–Kier alpha value is -1.86. The molecule has 0 atom stereocenters. The summed E-state index contributed by atoms with van der Waals surface area (Å²) >= 11 is 0. The predicted molar refractivity (Wildman–Crippen MR) is 71.2 cm³/mol. The maximum Gasteiger partial charge on any atom is 0.433 e. The topological polar surface area (TPSA) is 55.3 Å². The van der Waals surface area contributed by atoms with Crippen molar-refractivity contribution in [1.29, 1.82) is 0 Å². The van der Waals surface area contributed by atoms with Crippen molar-refractivity contribution in [1.82, 2.24) is 9.97 Å². The van der Waals surface area contributed by atoms with Crippen molar-refractivity contribution >= 4 is 11.9 Å². The summed E-state index contributed by atoms with van der Waals surface area (Å²) in [7, 11) is 0. The first-order chi connectivity index (χ1) is 10.3. The van der Waals surface area contributed by atoms with Crippen molar-refractivity contribution in [2.45, 2.75) is 32.4 Å². The molecule has 8 heteroatoms. The summed E-state index contributed by atoms with van der Waals surface area (Å²) in [5.41, 5.74) is -1.12. The molecule has 3 rings (SSSR count). The lowest BCUT2D eigenvalue weighted by atomic mass is 9.77. The Morgan fingerprint density at radius 2 is 1.91 bits per heavy atom. The molecule has 2 fully saturated rings. The summed E-state index contributed by atoms with van der Waals surface area (Å²) in [4.78, 5) is 21.3. The molecule has 0 aliphatic carbocycles. The van der Waals surface area contributed by atoms with Crippen molar-refractivity contribution in [2.75, 3.05) is 24.6 Å². The molecule has 2 aliphatic heterocycles. The van der Waals surface area contributed by atoms with Gasteiger partial charge in [0, 0.05) is 18.8 Å². The Kier molecular flexibility index (Phi) is 3.49. The number of anilines is 1. The Labute approximate surface area is 125 Å². The van der Waals surface area contributed by atoms with E-state index in [0.717, 1.165) is 6.07 Å². The number of nitrogens with zero attached hydrogens (tertiary/aromatic N) is 3. The quantitative estimate of drug-likeness (QED) is 0.745. The van der Waals surface area contributed by atoms with Gasteiger partial charge in [0.15, 0.2) is 0 Å². The number of ether oxygens (including phenoxy) is 1. The van der Waals surface area contributed by atoms with Gasteiger partial charge in [-0.2, -0.15) is 13.2 Å². The molecule has 0 N–H and O–H groups in total. The number of carbonyl (C=O) groups excluding carboxylic acids is 1. The molecule has 2 aliphatic rings. The first-order valence-corrected chi connectivity index (χ1v) is 7.15. The lowest BCUT2D eigenvalue weighted by Crippen LogP contribution is -2.43. The fourth-order valence-corrected chi connectivity index (χ4v) is 3.02. The van der Waals surface area contributed by atoms with Crippen LogP contribution in [0, 0.1) is 12.3 Å². The standard InChI is InChI=1S/C14H16F3N3O2/c1-9-8-10(14(15,16)17)19-12(18-9)20-5-2-13(3-6-20)4-7-22-11(13)21/h8H,2-7H2,1H3.